The van der Waals surface area contributed by atoms with Gasteiger partial charge >= 0.3 is 5.97 Å². The minimum atomic E-state index is -3.27. The van der Waals surface area contributed by atoms with Crippen molar-refractivity contribution in [1.82, 2.24) is 4.31 Å². The molecule has 0 bridgehead atoms. The van der Waals surface area contributed by atoms with E-state index in [0.717, 1.165) is 6.26 Å². The Morgan fingerprint density at radius 1 is 1.28 bits per heavy atom. The van der Waals surface area contributed by atoms with Crippen LogP contribution in [0.1, 0.15) is 19.8 Å². The summed E-state index contributed by atoms with van der Waals surface area (Å²) in [4.78, 5) is 24.2. The SMILES string of the molecule is C[C@@H](OC(=O)C1CCN(S(C)(=O)=O)CC1)C(=O)Nc1ccccc1F. The Hall–Kier alpha value is -2.00. The number of hydrogen-bond acceptors (Lipinski definition) is 5. The van der Waals surface area contributed by atoms with Gasteiger partial charge in [0.05, 0.1) is 17.9 Å². The number of esters is 1. The monoisotopic (exact) mass is 372 g/mol. The zero-order chi connectivity index (χ0) is 18.6. The number of rotatable bonds is 5. The summed E-state index contributed by atoms with van der Waals surface area (Å²) in [7, 11) is -3.27. The Morgan fingerprint density at radius 3 is 2.44 bits per heavy atom. The molecule has 0 saturated carbocycles. The highest BCUT2D eigenvalue weighted by Gasteiger charge is 2.31. The second-order valence-electron chi connectivity index (χ2n) is 5.98. The van der Waals surface area contributed by atoms with E-state index in [4.69, 9.17) is 4.74 Å². The van der Waals surface area contributed by atoms with Crippen LogP contribution < -0.4 is 5.32 Å². The first-order valence-corrected chi connectivity index (χ1v) is 9.74. The maximum absolute atomic E-state index is 13.5. The van der Waals surface area contributed by atoms with Gasteiger partial charge in [0.2, 0.25) is 10.0 Å². The van der Waals surface area contributed by atoms with Crippen molar-refractivity contribution in [3.05, 3.63) is 30.1 Å². The molecule has 1 fully saturated rings. The average Bonchev–Trinajstić information content (AvgIpc) is 2.56. The quantitative estimate of drug-likeness (QED) is 0.788. The van der Waals surface area contributed by atoms with Crippen LogP contribution in [0, 0.1) is 11.7 Å². The molecule has 0 unspecified atom stereocenters. The largest absolute Gasteiger partial charge is 0.452 e. The smallest absolute Gasteiger partial charge is 0.309 e. The third-order valence-corrected chi connectivity index (χ3v) is 5.35. The number of halogens is 1. The number of sulfonamides is 1. The molecular formula is C16H21FN2O5S. The molecule has 1 saturated heterocycles. The number of ether oxygens (including phenoxy) is 1. The number of amides is 1. The predicted octanol–water partition coefficient (Wildman–Crippen LogP) is 1.37. The first kappa shape index (κ1) is 19.3. The van der Waals surface area contributed by atoms with Gasteiger partial charge in [0.25, 0.3) is 5.91 Å². The van der Waals surface area contributed by atoms with Crippen LogP contribution in [0.15, 0.2) is 24.3 Å². The van der Waals surface area contributed by atoms with E-state index in [0.29, 0.717) is 12.8 Å². The fourth-order valence-corrected chi connectivity index (χ4v) is 3.42. The van der Waals surface area contributed by atoms with Crippen molar-refractivity contribution < 1.29 is 27.1 Å². The molecule has 1 aliphatic heterocycles. The highest BCUT2D eigenvalue weighted by Crippen LogP contribution is 2.21. The van der Waals surface area contributed by atoms with Crippen molar-refractivity contribution in [2.24, 2.45) is 5.92 Å². The highest BCUT2D eigenvalue weighted by molar-refractivity contribution is 7.88. The number of carbonyl (C=O) groups excluding carboxylic acids is 2. The van der Waals surface area contributed by atoms with Gasteiger partial charge in [-0.1, -0.05) is 12.1 Å². The number of benzene rings is 1. The van der Waals surface area contributed by atoms with Gasteiger partial charge in [-0.3, -0.25) is 9.59 Å². The van der Waals surface area contributed by atoms with Crippen molar-refractivity contribution in [3.63, 3.8) is 0 Å². The van der Waals surface area contributed by atoms with E-state index in [1.165, 1.54) is 29.4 Å². The summed E-state index contributed by atoms with van der Waals surface area (Å²) in [6.45, 7) is 1.89. The van der Waals surface area contributed by atoms with Gasteiger partial charge in [-0.25, -0.2) is 17.1 Å². The van der Waals surface area contributed by atoms with E-state index >= 15 is 0 Å². The average molecular weight is 372 g/mol. The molecule has 25 heavy (non-hydrogen) atoms. The van der Waals surface area contributed by atoms with Crippen LogP contribution in [0.25, 0.3) is 0 Å². The number of nitrogens with zero attached hydrogens (tertiary/aromatic N) is 1. The molecule has 0 spiro atoms. The molecule has 1 amide bonds. The number of hydrogen-bond donors (Lipinski definition) is 1. The molecule has 1 atom stereocenters. The number of anilines is 1. The summed E-state index contributed by atoms with van der Waals surface area (Å²) < 4.78 is 42.9. The van der Waals surface area contributed by atoms with E-state index < -0.39 is 39.7 Å². The van der Waals surface area contributed by atoms with Gasteiger partial charge in [0, 0.05) is 13.1 Å². The van der Waals surface area contributed by atoms with Crippen molar-refractivity contribution in [2.75, 3.05) is 24.7 Å². The zero-order valence-electron chi connectivity index (χ0n) is 14.1. The molecule has 1 aromatic carbocycles. The summed E-state index contributed by atoms with van der Waals surface area (Å²) >= 11 is 0. The van der Waals surface area contributed by atoms with E-state index in [1.807, 2.05) is 0 Å². The first-order chi connectivity index (χ1) is 11.7. The molecule has 1 heterocycles. The van der Waals surface area contributed by atoms with Gasteiger partial charge in [0.15, 0.2) is 6.10 Å². The van der Waals surface area contributed by atoms with Crippen LogP contribution in [0.3, 0.4) is 0 Å². The molecule has 1 aliphatic rings. The Balaban J connectivity index is 1.86. The van der Waals surface area contributed by atoms with E-state index in [1.54, 1.807) is 6.07 Å². The lowest BCUT2D eigenvalue weighted by atomic mass is 9.98. The lowest BCUT2D eigenvalue weighted by Gasteiger charge is -2.29. The second kappa shape index (κ2) is 7.92. The number of carbonyl (C=O) groups is 2. The summed E-state index contributed by atoms with van der Waals surface area (Å²) in [5, 5.41) is 2.37. The van der Waals surface area contributed by atoms with Gasteiger partial charge in [-0.15, -0.1) is 0 Å². The number of piperidine rings is 1. The topological polar surface area (TPSA) is 92.8 Å². The van der Waals surface area contributed by atoms with Gasteiger partial charge in [-0.2, -0.15) is 0 Å². The van der Waals surface area contributed by atoms with Crippen molar-refractivity contribution >= 4 is 27.6 Å². The molecule has 138 valence electrons. The highest BCUT2D eigenvalue weighted by atomic mass is 32.2. The molecule has 1 N–H and O–H groups in total. The van der Waals surface area contributed by atoms with Crippen molar-refractivity contribution in [2.45, 2.75) is 25.9 Å². The van der Waals surface area contributed by atoms with Crippen LogP contribution in [0.5, 0.6) is 0 Å². The lowest BCUT2D eigenvalue weighted by molar-refractivity contribution is -0.158. The lowest BCUT2D eigenvalue weighted by Crippen LogP contribution is -2.41. The molecule has 0 aliphatic carbocycles. The Labute approximate surface area is 146 Å². The molecular weight excluding hydrogens is 351 g/mol. The Morgan fingerprint density at radius 2 is 1.88 bits per heavy atom. The normalized spacial score (nSPS) is 17.7. The minimum Gasteiger partial charge on any atom is -0.452 e. The molecule has 2 rings (SSSR count). The van der Waals surface area contributed by atoms with Crippen molar-refractivity contribution in [1.29, 1.82) is 0 Å². The van der Waals surface area contributed by atoms with Gasteiger partial charge in [-0.05, 0) is 31.9 Å². The Kier molecular flexibility index (Phi) is 6.12. The molecule has 1 aromatic rings. The zero-order valence-corrected chi connectivity index (χ0v) is 14.9. The molecule has 0 aromatic heterocycles. The van der Waals surface area contributed by atoms with Crippen LogP contribution in [0.2, 0.25) is 0 Å². The second-order valence-corrected chi connectivity index (χ2v) is 7.97. The number of para-hydroxylation sites is 1. The fraction of sp³-hybridized carbons (Fsp3) is 0.500. The van der Waals surface area contributed by atoms with E-state index in [-0.39, 0.29) is 18.8 Å². The third-order valence-electron chi connectivity index (χ3n) is 4.05. The van der Waals surface area contributed by atoms with Gasteiger partial charge in [0.1, 0.15) is 5.82 Å². The van der Waals surface area contributed by atoms with E-state index in [9.17, 15) is 22.4 Å². The summed E-state index contributed by atoms with van der Waals surface area (Å²) in [5.74, 6) is -2.22. The summed E-state index contributed by atoms with van der Waals surface area (Å²) in [5.41, 5.74) is 0.0110. The predicted molar refractivity (Wildman–Crippen MR) is 89.7 cm³/mol. The van der Waals surface area contributed by atoms with Crippen LogP contribution in [0.4, 0.5) is 10.1 Å². The molecule has 0 radical (unpaired) electrons. The van der Waals surface area contributed by atoms with Crippen LogP contribution in [-0.2, 0) is 24.3 Å². The molecule has 7 nitrogen and oxygen atoms in total. The third kappa shape index (κ3) is 5.23. The number of nitrogens with one attached hydrogen (secondary N) is 1. The van der Waals surface area contributed by atoms with Crippen molar-refractivity contribution in [3.8, 4) is 0 Å². The maximum atomic E-state index is 13.5. The van der Waals surface area contributed by atoms with Crippen LogP contribution in [-0.4, -0.2) is 50.0 Å². The summed E-state index contributed by atoms with van der Waals surface area (Å²) in [6.07, 6.45) is 0.724. The van der Waals surface area contributed by atoms with Gasteiger partial charge < -0.3 is 10.1 Å². The molecule has 9 heteroatoms. The standard InChI is InChI=1S/C16H21FN2O5S/c1-11(15(20)18-14-6-4-3-5-13(14)17)24-16(21)12-7-9-19(10-8-12)25(2,22)23/h3-6,11-12H,7-10H2,1-2H3,(H,18,20)/t11-/m1/s1. The maximum Gasteiger partial charge on any atom is 0.309 e. The first-order valence-electron chi connectivity index (χ1n) is 7.89. The minimum absolute atomic E-state index is 0.0110. The summed E-state index contributed by atoms with van der Waals surface area (Å²) in [6, 6.07) is 5.69. The van der Waals surface area contributed by atoms with Crippen LogP contribution >= 0.6 is 0 Å². The van der Waals surface area contributed by atoms with E-state index in [2.05, 4.69) is 5.32 Å². The Bertz CT molecular complexity index is 745. The fourth-order valence-electron chi connectivity index (χ4n) is 2.54.